The van der Waals surface area contributed by atoms with Crippen LogP contribution < -0.4 is 172 Å². The van der Waals surface area contributed by atoms with Crippen LogP contribution in [0, 0.1) is 0 Å². The summed E-state index contributed by atoms with van der Waals surface area (Å²) in [5, 5.41) is 0. The second-order valence-corrected chi connectivity index (χ2v) is 3.99. The molecule has 0 aliphatic carbocycles. The monoisotopic (exact) mass is 284 g/mol. The summed E-state index contributed by atoms with van der Waals surface area (Å²) in [6, 6.07) is 0. The maximum absolute atomic E-state index is 9.47. The Morgan fingerprint density at radius 1 is 0.714 bits per heavy atom. The first kappa shape index (κ1) is 36.5. The Kier molecular flexibility index (Phi) is 42.2. The van der Waals surface area contributed by atoms with Crippen LogP contribution in [0.3, 0.4) is 0 Å². The van der Waals surface area contributed by atoms with Crippen LogP contribution in [0.1, 0.15) is 0 Å². The molecule has 0 bridgehead atoms. The van der Waals surface area contributed by atoms with Crippen LogP contribution in [0.4, 0.5) is 0 Å². The first-order valence-corrected chi connectivity index (χ1v) is 4.96. The van der Waals surface area contributed by atoms with Crippen LogP contribution >= 0.6 is 0 Å². The van der Waals surface area contributed by atoms with Crippen molar-refractivity contribution in [3.63, 3.8) is 0 Å². The largest absolute Gasteiger partial charge is 1.00 e. The molecule has 0 aliphatic heterocycles. The Morgan fingerprint density at radius 3 is 0.929 bits per heavy atom. The smallest absolute Gasteiger partial charge is 0.862 e. The van der Waals surface area contributed by atoms with Gasteiger partial charge in [-0.1, -0.05) is 0 Å². The van der Waals surface area contributed by atoms with Crippen molar-refractivity contribution in [2.45, 2.75) is 0 Å². The summed E-state index contributed by atoms with van der Waals surface area (Å²) < 4.78 is 2.68. The zero-order valence-electron chi connectivity index (χ0n) is 8.90. The van der Waals surface area contributed by atoms with Crippen LogP contribution in [-0.2, 0) is 4.12 Å². The molecule has 0 atom stereocenters. The van der Waals surface area contributed by atoms with Gasteiger partial charge in [0, 0.05) is 0 Å². The molecule has 0 fully saturated rings. The minimum Gasteiger partial charge on any atom is -0.862 e. The standard InChI is InChI=1S/5Na.HO7Si2/c;;;;;1-8(2,3)7-9(4,5)6/h;;;;;1H/q5*+1;-5. The third-order valence-corrected chi connectivity index (χ3v) is 2.29. The summed E-state index contributed by atoms with van der Waals surface area (Å²) in [6.45, 7) is 0. The number of hydrogen-bond acceptors (Lipinski definition) is 7. The Labute approximate surface area is 194 Å². The van der Waals surface area contributed by atoms with Crippen molar-refractivity contribution < 1.29 is 181 Å². The first-order chi connectivity index (χ1) is 3.71. The van der Waals surface area contributed by atoms with E-state index >= 15 is 0 Å². The fourth-order valence-electron chi connectivity index (χ4n) is 0.158. The van der Waals surface area contributed by atoms with E-state index in [0.717, 1.165) is 0 Å². The quantitative estimate of drug-likeness (QED) is 0.495. The van der Waals surface area contributed by atoms with Crippen LogP contribution in [0.2, 0.25) is 0 Å². The molecule has 0 heterocycles. The molecule has 0 amide bonds. The Balaban J connectivity index is -0.0000000320. The van der Waals surface area contributed by atoms with Crippen molar-refractivity contribution in [1.82, 2.24) is 0 Å². The normalized spacial score (nSPS) is 9.00. The SMILES string of the molecule is [Na+].[Na+].[Na+].[Na+].[Na+].[O-][Si]([O-])([O-])O[Si]([O-])([O-])O. The fourth-order valence-corrected chi connectivity index (χ4v) is 1.42. The van der Waals surface area contributed by atoms with Crippen molar-refractivity contribution in [1.29, 1.82) is 0 Å². The van der Waals surface area contributed by atoms with Gasteiger partial charge in [-0.2, -0.15) is 0 Å². The average molecular weight is 284 g/mol. The minimum absolute atomic E-state index is 0. The molecule has 0 spiro atoms. The maximum Gasteiger partial charge on any atom is 1.00 e. The van der Waals surface area contributed by atoms with Gasteiger partial charge in [-0.15, -0.1) is 9.05 Å². The van der Waals surface area contributed by atoms with E-state index in [-0.39, 0.29) is 148 Å². The Hall–Kier alpha value is 5.15. The third kappa shape index (κ3) is 36.0. The molecule has 0 saturated heterocycles. The van der Waals surface area contributed by atoms with Crippen molar-refractivity contribution in [2.75, 3.05) is 0 Å². The second kappa shape index (κ2) is 16.2. The van der Waals surface area contributed by atoms with Crippen LogP contribution in [0.15, 0.2) is 0 Å². The summed E-state index contributed by atoms with van der Waals surface area (Å²) in [4.78, 5) is 54.7. The van der Waals surface area contributed by atoms with Gasteiger partial charge >= 0.3 is 148 Å². The van der Waals surface area contributed by atoms with Crippen molar-refractivity contribution in [3.8, 4) is 0 Å². The molecular formula is HNa5O7Si2. The van der Waals surface area contributed by atoms with E-state index in [2.05, 4.69) is 4.12 Å². The molecule has 0 radical (unpaired) electrons. The fraction of sp³-hybridized carbons (Fsp3) is 0. The van der Waals surface area contributed by atoms with Gasteiger partial charge in [0.05, 0.1) is 0 Å². The van der Waals surface area contributed by atoms with E-state index in [4.69, 9.17) is 4.80 Å². The molecule has 0 rings (SSSR count). The molecule has 14 heteroatoms. The Morgan fingerprint density at radius 2 is 0.929 bits per heavy atom. The molecule has 0 saturated carbocycles. The van der Waals surface area contributed by atoms with Crippen molar-refractivity contribution in [3.05, 3.63) is 0 Å². The van der Waals surface area contributed by atoms with Gasteiger partial charge < -0.3 is 32.9 Å². The summed E-state index contributed by atoms with van der Waals surface area (Å²) >= 11 is 0. The summed E-state index contributed by atoms with van der Waals surface area (Å²) in [5.74, 6) is 0. The van der Waals surface area contributed by atoms with Crippen LogP contribution in [0.5, 0.6) is 0 Å². The predicted molar refractivity (Wildman–Crippen MR) is 14.8 cm³/mol. The Bertz CT molecular complexity index is 85.2. The van der Waals surface area contributed by atoms with Crippen LogP contribution in [-0.4, -0.2) is 22.9 Å². The molecule has 0 aromatic carbocycles. The molecule has 0 aliphatic rings. The van der Waals surface area contributed by atoms with E-state index in [0.29, 0.717) is 0 Å². The van der Waals surface area contributed by atoms with E-state index in [1.165, 1.54) is 0 Å². The van der Waals surface area contributed by atoms with Gasteiger partial charge in [-0.25, -0.2) is 0 Å². The first-order valence-electron chi connectivity index (χ1n) is 1.65. The predicted octanol–water partition coefficient (Wildman–Crippen LogP) is -22.3. The molecule has 0 aromatic rings. The summed E-state index contributed by atoms with van der Waals surface area (Å²) in [7, 11) is -11.5. The minimum atomic E-state index is -5.86. The molecule has 56 valence electrons. The van der Waals surface area contributed by atoms with E-state index in [1.54, 1.807) is 0 Å². The van der Waals surface area contributed by atoms with Gasteiger partial charge in [0.25, 0.3) is 0 Å². The molecule has 0 unspecified atom stereocenters. The van der Waals surface area contributed by atoms with Gasteiger partial charge in [-0.05, 0) is 0 Å². The number of rotatable bonds is 2. The zero-order chi connectivity index (χ0) is 7.71. The summed E-state index contributed by atoms with van der Waals surface area (Å²) in [5.41, 5.74) is 0. The molecule has 14 heavy (non-hydrogen) atoms. The molecular weight excluding hydrogens is 283 g/mol. The molecule has 7 nitrogen and oxygen atoms in total. The second-order valence-electron chi connectivity index (χ2n) is 1.13. The zero-order valence-corrected chi connectivity index (χ0v) is 20.9. The van der Waals surface area contributed by atoms with Gasteiger partial charge in [-0.3, -0.25) is 0 Å². The average Bonchev–Trinajstić information content (AvgIpc) is 1.14. The van der Waals surface area contributed by atoms with Crippen molar-refractivity contribution >= 4 is 18.1 Å². The van der Waals surface area contributed by atoms with Gasteiger partial charge in [0.1, 0.15) is 9.05 Å². The molecule has 1 N–H and O–H groups in total. The maximum atomic E-state index is 9.47. The summed E-state index contributed by atoms with van der Waals surface area (Å²) in [6.07, 6.45) is 0. The van der Waals surface area contributed by atoms with Crippen molar-refractivity contribution in [2.24, 2.45) is 0 Å². The third-order valence-electron chi connectivity index (χ3n) is 0.254. The van der Waals surface area contributed by atoms with E-state index in [9.17, 15) is 24.0 Å². The van der Waals surface area contributed by atoms with E-state index in [1.807, 2.05) is 0 Å². The van der Waals surface area contributed by atoms with Gasteiger partial charge in [0.15, 0.2) is 0 Å². The molecule has 0 aromatic heterocycles. The van der Waals surface area contributed by atoms with Gasteiger partial charge in [0.2, 0.25) is 0 Å². The van der Waals surface area contributed by atoms with Crippen LogP contribution in [0.25, 0.3) is 0 Å². The number of hydrogen-bond donors (Lipinski definition) is 1. The topological polar surface area (TPSA) is 145 Å². The van der Waals surface area contributed by atoms with E-state index < -0.39 is 18.1 Å².